The molecule has 0 unspecified atom stereocenters. The van der Waals surface area contributed by atoms with Crippen LogP contribution in [-0.2, 0) is 0 Å². The molecule has 1 saturated heterocycles. The van der Waals surface area contributed by atoms with Crippen molar-refractivity contribution in [2.45, 2.75) is 6.04 Å². The summed E-state index contributed by atoms with van der Waals surface area (Å²) in [5.74, 6) is -0.952. The fraction of sp³-hybridized carbons (Fsp3) is 0.161. The van der Waals surface area contributed by atoms with Gasteiger partial charge in [-0.15, -0.1) is 10.2 Å². The SMILES string of the molecule is Fc1ccc(-c2nnc(N3CCN(C(c4ccccc4)c4ccccc4)CC3)c3ccccc23)cc1F. The minimum absolute atomic E-state index is 0.183. The Kier molecular flexibility index (Phi) is 6.33. The van der Waals surface area contributed by atoms with Gasteiger partial charge in [-0.2, -0.15) is 0 Å². The minimum Gasteiger partial charge on any atom is -0.352 e. The molecule has 1 aromatic heterocycles. The van der Waals surface area contributed by atoms with E-state index in [1.54, 1.807) is 6.07 Å². The van der Waals surface area contributed by atoms with Crippen molar-refractivity contribution in [3.05, 3.63) is 126 Å². The zero-order valence-corrected chi connectivity index (χ0v) is 20.3. The standard InChI is InChI=1S/C31H26F2N4/c32-27-16-15-24(21-28(27)33)29-25-13-7-8-14-26(25)31(35-34-29)37-19-17-36(18-20-37)30(22-9-3-1-4-10-22)23-11-5-2-6-12-23/h1-16,21,30H,17-20H2. The molecular formula is C31H26F2N4. The summed E-state index contributed by atoms with van der Waals surface area (Å²) in [6, 6.07) is 33.2. The van der Waals surface area contributed by atoms with Crippen LogP contribution in [0.4, 0.5) is 14.6 Å². The molecule has 0 bridgehead atoms. The molecule has 0 saturated carbocycles. The van der Waals surface area contributed by atoms with Gasteiger partial charge in [-0.3, -0.25) is 4.90 Å². The molecule has 2 heterocycles. The van der Waals surface area contributed by atoms with Crippen LogP contribution >= 0.6 is 0 Å². The molecule has 0 N–H and O–H groups in total. The first-order chi connectivity index (χ1) is 18.2. The molecule has 37 heavy (non-hydrogen) atoms. The molecule has 0 amide bonds. The van der Waals surface area contributed by atoms with Crippen LogP contribution in [-0.4, -0.2) is 41.3 Å². The van der Waals surface area contributed by atoms with E-state index in [2.05, 4.69) is 80.7 Å². The van der Waals surface area contributed by atoms with Crippen LogP contribution in [0.15, 0.2) is 103 Å². The largest absolute Gasteiger partial charge is 0.352 e. The Morgan fingerprint density at radius 3 is 1.81 bits per heavy atom. The Hall–Kier alpha value is -4.16. The second-order valence-electron chi connectivity index (χ2n) is 9.29. The van der Waals surface area contributed by atoms with Crippen molar-refractivity contribution < 1.29 is 8.78 Å². The summed E-state index contributed by atoms with van der Waals surface area (Å²) in [5.41, 5.74) is 3.61. The Morgan fingerprint density at radius 2 is 1.19 bits per heavy atom. The van der Waals surface area contributed by atoms with Gasteiger partial charge in [-0.25, -0.2) is 8.78 Å². The van der Waals surface area contributed by atoms with E-state index in [1.807, 2.05) is 24.3 Å². The number of hydrogen-bond acceptors (Lipinski definition) is 4. The highest BCUT2D eigenvalue weighted by molar-refractivity contribution is 6.00. The van der Waals surface area contributed by atoms with E-state index < -0.39 is 11.6 Å². The van der Waals surface area contributed by atoms with E-state index in [0.717, 1.165) is 48.8 Å². The van der Waals surface area contributed by atoms with Gasteiger partial charge in [0.15, 0.2) is 17.5 Å². The first-order valence-corrected chi connectivity index (χ1v) is 12.5. The van der Waals surface area contributed by atoms with Crippen LogP contribution in [0, 0.1) is 11.6 Å². The van der Waals surface area contributed by atoms with E-state index in [4.69, 9.17) is 0 Å². The van der Waals surface area contributed by atoms with Gasteiger partial charge < -0.3 is 4.90 Å². The molecule has 184 valence electrons. The number of aromatic nitrogens is 2. The average molecular weight is 493 g/mol. The summed E-state index contributed by atoms with van der Waals surface area (Å²) < 4.78 is 27.5. The predicted octanol–water partition coefficient (Wildman–Crippen LogP) is 6.49. The Bertz CT molecular complexity index is 1480. The second kappa shape index (κ2) is 10.1. The number of piperazine rings is 1. The lowest BCUT2D eigenvalue weighted by Gasteiger charge is -2.40. The zero-order chi connectivity index (χ0) is 25.2. The summed E-state index contributed by atoms with van der Waals surface area (Å²) in [6.07, 6.45) is 0. The van der Waals surface area contributed by atoms with Crippen LogP contribution in [0.1, 0.15) is 17.2 Å². The molecule has 4 nitrogen and oxygen atoms in total. The molecule has 1 aliphatic rings. The smallest absolute Gasteiger partial charge is 0.159 e. The van der Waals surface area contributed by atoms with Crippen molar-refractivity contribution in [2.24, 2.45) is 0 Å². The average Bonchev–Trinajstić information content (AvgIpc) is 2.96. The maximum atomic E-state index is 13.9. The normalized spacial score (nSPS) is 14.4. The predicted molar refractivity (Wildman–Crippen MR) is 143 cm³/mol. The minimum atomic E-state index is -0.894. The molecule has 0 spiro atoms. The number of nitrogens with zero attached hydrogens (tertiary/aromatic N) is 4. The fourth-order valence-corrected chi connectivity index (χ4v) is 5.26. The third-order valence-corrected chi connectivity index (χ3v) is 7.07. The van der Waals surface area contributed by atoms with Gasteiger partial charge >= 0.3 is 0 Å². The number of fused-ring (bicyclic) bond motifs is 1. The lowest BCUT2D eigenvalue weighted by Crippen LogP contribution is -2.48. The number of anilines is 1. The first kappa shape index (κ1) is 23.3. The fourth-order valence-electron chi connectivity index (χ4n) is 5.26. The van der Waals surface area contributed by atoms with Crippen molar-refractivity contribution >= 4 is 16.6 Å². The lowest BCUT2D eigenvalue weighted by molar-refractivity contribution is 0.212. The van der Waals surface area contributed by atoms with Crippen LogP contribution in [0.3, 0.4) is 0 Å². The summed E-state index contributed by atoms with van der Waals surface area (Å²) in [7, 11) is 0. The van der Waals surface area contributed by atoms with E-state index in [-0.39, 0.29) is 6.04 Å². The van der Waals surface area contributed by atoms with Crippen molar-refractivity contribution in [1.29, 1.82) is 0 Å². The number of benzene rings is 4. The summed E-state index contributed by atoms with van der Waals surface area (Å²) >= 11 is 0. The van der Waals surface area contributed by atoms with Crippen LogP contribution in [0.2, 0.25) is 0 Å². The van der Waals surface area contributed by atoms with Gasteiger partial charge in [0, 0.05) is 42.5 Å². The van der Waals surface area contributed by atoms with Gasteiger partial charge in [0.05, 0.1) is 6.04 Å². The zero-order valence-electron chi connectivity index (χ0n) is 20.3. The first-order valence-electron chi connectivity index (χ1n) is 12.5. The molecule has 6 rings (SSSR count). The summed E-state index contributed by atoms with van der Waals surface area (Å²) in [6.45, 7) is 3.35. The monoisotopic (exact) mass is 492 g/mol. The third kappa shape index (κ3) is 4.56. The molecule has 0 aliphatic carbocycles. The summed E-state index contributed by atoms with van der Waals surface area (Å²) in [5, 5.41) is 10.9. The number of halogens is 2. The number of hydrogen-bond donors (Lipinski definition) is 0. The molecule has 1 aliphatic heterocycles. The van der Waals surface area contributed by atoms with Crippen molar-refractivity contribution in [2.75, 3.05) is 31.1 Å². The highest BCUT2D eigenvalue weighted by Gasteiger charge is 2.28. The van der Waals surface area contributed by atoms with Crippen molar-refractivity contribution in [3.63, 3.8) is 0 Å². The summed E-state index contributed by atoms with van der Waals surface area (Å²) in [4.78, 5) is 4.79. The molecule has 0 atom stereocenters. The van der Waals surface area contributed by atoms with Gasteiger partial charge in [-0.05, 0) is 29.3 Å². The molecule has 0 radical (unpaired) electrons. The van der Waals surface area contributed by atoms with E-state index in [0.29, 0.717) is 11.3 Å². The van der Waals surface area contributed by atoms with Crippen LogP contribution in [0.5, 0.6) is 0 Å². The van der Waals surface area contributed by atoms with Gasteiger partial charge in [0.2, 0.25) is 0 Å². The second-order valence-corrected chi connectivity index (χ2v) is 9.29. The van der Waals surface area contributed by atoms with Crippen LogP contribution < -0.4 is 4.90 Å². The Balaban J connectivity index is 1.29. The maximum Gasteiger partial charge on any atom is 0.159 e. The third-order valence-electron chi connectivity index (χ3n) is 7.07. The molecule has 6 heteroatoms. The van der Waals surface area contributed by atoms with Gasteiger partial charge in [0.25, 0.3) is 0 Å². The highest BCUT2D eigenvalue weighted by atomic mass is 19.2. The van der Waals surface area contributed by atoms with E-state index in [1.165, 1.54) is 17.2 Å². The van der Waals surface area contributed by atoms with E-state index >= 15 is 0 Å². The maximum absolute atomic E-state index is 13.9. The molecular weight excluding hydrogens is 466 g/mol. The Morgan fingerprint density at radius 1 is 0.595 bits per heavy atom. The topological polar surface area (TPSA) is 32.3 Å². The number of rotatable bonds is 5. The van der Waals surface area contributed by atoms with Gasteiger partial charge in [-0.1, -0.05) is 84.9 Å². The van der Waals surface area contributed by atoms with E-state index in [9.17, 15) is 8.78 Å². The van der Waals surface area contributed by atoms with Crippen molar-refractivity contribution in [1.82, 2.24) is 15.1 Å². The highest BCUT2D eigenvalue weighted by Crippen LogP contribution is 2.34. The molecule has 5 aromatic rings. The van der Waals surface area contributed by atoms with Crippen LogP contribution in [0.25, 0.3) is 22.0 Å². The lowest BCUT2D eigenvalue weighted by atomic mass is 9.96. The molecule has 4 aromatic carbocycles. The Labute approximate surface area is 214 Å². The van der Waals surface area contributed by atoms with Gasteiger partial charge in [0.1, 0.15) is 5.69 Å². The molecule has 1 fully saturated rings. The van der Waals surface area contributed by atoms with Crippen molar-refractivity contribution in [3.8, 4) is 11.3 Å². The quantitative estimate of drug-likeness (QED) is 0.281.